The van der Waals surface area contributed by atoms with Gasteiger partial charge in [0.25, 0.3) is 0 Å². The molecule has 0 aliphatic heterocycles. The zero-order valence-corrected chi connectivity index (χ0v) is 10.0. The molecule has 0 aromatic heterocycles. The van der Waals surface area contributed by atoms with Crippen molar-refractivity contribution in [2.75, 3.05) is 0 Å². The Balaban J connectivity index is 5.39. The fraction of sp³-hybridized carbons (Fsp3) is 0.182. The fourth-order valence-electron chi connectivity index (χ4n) is 1.32. The molecule has 0 heterocycles. The molecule has 6 heteroatoms. The van der Waals surface area contributed by atoms with Crippen LogP contribution in [0.5, 0.6) is 0 Å². The number of hydrogen-bond donors (Lipinski definition) is 0. The van der Waals surface area contributed by atoms with Crippen LogP contribution < -0.4 is 0 Å². The maximum atomic E-state index is 11.3. The molecule has 17 heavy (non-hydrogen) atoms. The van der Waals surface area contributed by atoms with Gasteiger partial charge in [0, 0.05) is 0 Å². The average Bonchev–Trinajstić information content (AvgIpc) is 2.96. The Hall–Kier alpha value is -2.10. The summed E-state index contributed by atoms with van der Waals surface area (Å²) in [5, 5.41) is 0. The number of hydrogen-bond acceptors (Lipinski definition) is 5. The monoisotopic (exact) mass is 275 g/mol. The summed E-state index contributed by atoms with van der Waals surface area (Å²) in [5.41, 5.74) is 0. The van der Waals surface area contributed by atoms with E-state index in [1.807, 2.05) is 0 Å². The molecule has 0 fully saturated rings. The first kappa shape index (κ1) is 13.0. The first-order valence-corrected chi connectivity index (χ1v) is 8.97. The minimum absolute atomic E-state index is 0.0985. The Labute approximate surface area is 90.6 Å². The second-order valence-electron chi connectivity index (χ2n) is 4.18. The number of allylic oxidation sites excluding steroid dienone is 4. The molecule has 0 N–H and O–H groups in total. The minimum atomic E-state index is -7.13. The molecule has 0 bridgehead atoms. The van der Waals surface area contributed by atoms with Crippen LogP contribution >= 0.6 is 0 Å². The molecular formula is C11H8MnO5. The Morgan fingerprint density at radius 1 is 0.941 bits per heavy atom. The molecule has 0 atom stereocenters. The van der Waals surface area contributed by atoms with E-state index in [0.29, 0.717) is 5.82 Å². The second-order valence-corrected chi connectivity index (χ2v) is 14.1. The fourth-order valence-corrected chi connectivity index (χ4v) is 4.37. The van der Waals surface area contributed by atoms with Crippen molar-refractivity contribution in [1.29, 1.82) is 0 Å². The summed E-state index contributed by atoms with van der Waals surface area (Å²) in [6.45, 7) is 0. The molecule has 0 radical (unpaired) electrons. The number of rotatable bonds is 1. The Morgan fingerprint density at radius 3 is 1.59 bits per heavy atom. The van der Waals surface area contributed by atoms with Crippen molar-refractivity contribution >= 4 is 23.9 Å². The molecule has 0 saturated carbocycles. The zero-order chi connectivity index (χ0) is 13.3. The summed E-state index contributed by atoms with van der Waals surface area (Å²) in [7, 11) is -7.13. The molecule has 1 aliphatic carbocycles. The Bertz CT molecular complexity index is 1030. The van der Waals surface area contributed by atoms with Gasteiger partial charge in [-0.25, -0.2) is 0 Å². The van der Waals surface area contributed by atoms with Gasteiger partial charge in [-0.1, -0.05) is 0 Å². The first-order valence-electron chi connectivity index (χ1n) is 4.25. The van der Waals surface area contributed by atoms with Crippen LogP contribution in [0.3, 0.4) is 0 Å². The van der Waals surface area contributed by atoms with E-state index < -0.39 is 7.49 Å². The third-order valence-corrected chi connectivity index (χ3v) is 10.2. The predicted molar refractivity (Wildman–Crippen MR) is 56.2 cm³/mol. The van der Waals surface area contributed by atoms with E-state index in [-0.39, 0.29) is 10.9 Å². The van der Waals surface area contributed by atoms with E-state index in [1.54, 1.807) is 0 Å². The molecule has 89 valence electrons. The van der Waals surface area contributed by atoms with Crippen LogP contribution in [0.4, 0.5) is 0 Å². The van der Waals surface area contributed by atoms with Crippen molar-refractivity contribution < 1.29 is 31.5 Å². The van der Waals surface area contributed by atoms with Gasteiger partial charge in [-0.3, -0.25) is 0 Å². The Morgan fingerprint density at radius 2 is 1.35 bits per heavy atom. The molecule has 0 unspecified atom stereocenters. The van der Waals surface area contributed by atoms with Gasteiger partial charge in [0.2, 0.25) is 0 Å². The summed E-state index contributed by atoms with van der Waals surface area (Å²) in [4.78, 5) is 61.9. The summed E-state index contributed by atoms with van der Waals surface area (Å²) < 4.78 is -0.297. The van der Waals surface area contributed by atoms with Crippen LogP contribution in [-0.4, -0.2) is 23.9 Å². The van der Waals surface area contributed by atoms with E-state index in [4.69, 9.17) is 0 Å². The van der Waals surface area contributed by atoms with Gasteiger partial charge in [0.15, 0.2) is 0 Å². The maximum absolute atomic E-state index is 11.3. The summed E-state index contributed by atoms with van der Waals surface area (Å²) in [6, 6.07) is 0. The van der Waals surface area contributed by atoms with Gasteiger partial charge < -0.3 is 0 Å². The van der Waals surface area contributed by atoms with Crippen molar-refractivity contribution in [1.82, 2.24) is 0 Å². The Kier molecular flexibility index (Phi) is 1.85. The normalized spacial score (nSPS) is 19.8. The van der Waals surface area contributed by atoms with Crippen molar-refractivity contribution in [3.8, 4) is 0 Å². The van der Waals surface area contributed by atoms with Gasteiger partial charge >= 0.3 is 90.3 Å². The molecule has 5 nitrogen and oxygen atoms in total. The zero-order valence-electron chi connectivity index (χ0n) is 8.86. The first-order chi connectivity index (χ1) is 7.78. The van der Waals surface area contributed by atoms with E-state index in [9.17, 15) is 24.0 Å². The molecule has 1 aliphatic rings. The third kappa shape index (κ3) is 0.895. The predicted octanol–water partition coefficient (Wildman–Crippen LogP) is -0.0247. The van der Waals surface area contributed by atoms with Crippen LogP contribution in [0.15, 0.2) is 22.7 Å². The summed E-state index contributed by atoms with van der Waals surface area (Å²) >= 11 is 0. The SMILES string of the molecule is [CH3][Mn](=[C]=O)(=[C]=O)(=[C]=O)(=[C]=O)(=[C]=O)[C]1=CC=CC1. The molecule has 0 saturated heterocycles. The van der Waals surface area contributed by atoms with Crippen LogP contribution in [0, 0.1) is 0 Å². The van der Waals surface area contributed by atoms with Gasteiger partial charge in [-0.05, 0) is 0 Å². The van der Waals surface area contributed by atoms with Crippen LogP contribution in [0.25, 0.3) is 0 Å². The summed E-state index contributed by atoms with van der Waals surface area (Å²) in [6.07, 6.45) is 3.93. The topological polar surface area (TPSA) is 85.3 Å². The van der Waals surface area contributed by atoms with Crippen molar-refractivity contribution in [2.45, 2.75) is 12.2 Å². The standard InChI is InChI=1S/C5H5.5CO.CH3.Mn/c1-2-4-5-3-1;5*1-2;;/h1-3H,4H2;;;;;;1H3;. The molecule has 0 amide bonds. The number of carbonyl (C=O) groups excluding carboxylic acids is 5. The van der Waals surface area contributed by atoms with E-state index in [1.165, 1.54) is 12.2 Å². The van der Waals surface area contributed by atoms with Gasteiger partial charge in [0.05, 0.1) is 0 Å². The molecule has 0 spiro atoms. The van der Waals surface area contributed by atoms with E-state index >= 15 is 0 Å². The third-order valence-electron chi connectivity index (χ3n) is 2.93. The summed E-state index contributed by atoms with van der Waals surface area (Å²) in [5.74, 6) is 0.630. The molecule has 1 rings (SSSR count). The molecule has 0 aromatic carbocycles. The molecule has 0 aromatic rings. The van der Waals surface area contributed by atoms with Gasteiger partial charge in [-0.15, -0.1) is 0 Å². The average molecular weight is 275 g/mol. The van der Waals surface area contributed by atoms with Crippen molar-refractivity contribution in [2.24, 2.45) is 0 Å². The van der Waals surface area contributed by atoms with E-state index in [0.717, 1.165) is 30.0 Å². The van der Waals surface area contributed by atoms with Crippen molar-refractivity contribution in [3.63, 3.8) is 0 Å². The van der Waals surface area contributed by atoms with Gasteiger partial charge in [0.1, 0.15) is 0 Å². The van der Waals surface area contributed by atoms with Gasteiger partial charge in [-0.2, -0.15) is 0 Å². The van der Waals surface area contributed by atoms with Crippen LogP contribution in [-0.2, 0) is 31.5 Å². The van der Waals surface area contributed by atoms with E-state index in [2.05, 4.69) is 0 Å². The van der Waals surface area contributed by atoms with Crippen LogP contribution in [0.2, 0.25) is 5.82 Å². The quantitative estimate of drug-likeness (QED) is 0.627. The second kappa shape index (κ2) is 2.42. The molecular weight excluding hydrogens is 267 g/mol. The van der Waals surface area contributed by atoms with Crippen LogP contribution in [0.1, 0.15) is 6.42 Å². The van der Waals surface area contributed by atoms with Crippen molar-refractivity contribution in [3.05, 3.63) is 22.7 Å².